The number of methoxy groups -OCH3 is 1. The monoisotopic (exact) mass is 372 g/mol. The first-order valence-electron chi connectivity index (χ1n) is 7.39. The third-order valence-electron chi connectivity index (χ3n) is 3.45. The normalized spacial score (nSPS) is 11.2. The first-order valence-corrected chi connectivity index (χ1v) is 8.15. The standard InChI is InChI=1S/C18H14Cl2N4O/c1-25-14-9-7-13(8-10-14)17(12-5-3-2-4-6-12)23-22-15-11-21-24-18(20)16(15)19/h2-11H,1H3,(H,22,24). The highest BCUT2D eigenvalue weighted by atomic mass is 35.5. The molecule has 3 rings (SSSR count). The lowest BCUT2D eigenvalue weighted by Gasteiger charge is -2.10. The van der Waals surface area contributed by atoms with Crippen LogP contribution in [0.25, 0.3) is 0 Å². The number of benzene rings is 2. The summed E-state index contributed by atoms with van der Waals surface area (Å²) in [5, 5.41) is 12.4. The molecule has 0 amide bonds. The highest BCUT2D eigenvalue weighted by molar-refractivity contribution is 6.42. The van der Waals surface area contributed by atoms with Gasteiger partial charge in [-0.05, 0) is 24.3 Å². The maximum absolute atomic E-state index is 6.13. The Morgan fingerprint density at radius 2 is 1.68 bits per heavy atom. The number of halogens is 2. The summed E-state index contributed by atoms with van der Waals surface area (Å²) in [6.45, 7) is 0. The largest absolute Gasteiger partial charge is 0.497 e. The van der Waals surface area contributed by atoms with E-state index in [2.05, 4.69) is 20.7 Å². The molecule has 1 N–H and O–H groups in total. The molecule has 2 aromatic carbocycles. The number of nitrogens with zero attached hydrogens (tertiary/aromatic N) is 3. The predicted octanol–water partition coefficient (Wildman–Crippen LogP) is 4.66. The molecule has 0 spiro atoms. The topological polar surface area (TPSA) is 59.4 Å². The van der Waals surface area contributed by atoms with E-state index >= 15 is 0 Å². The van der Waals surface area contributed by atoms with Gasteiger partial charge >= 0.3 is 0 Å². The first-order chi connectivity index (χ1) is 12.2. The van der Waals surface area contributed by atoms with Gasteiger partial charge in [0, 0.05) is 11.1 Å². The molecule has 126 valence electrons. The lowest BCUT2D eigenvalue weighted by atomic mass is 10.0. The zero-order valence-corrected chi connectivity index (χ0v) is 14.8. The molecule has 0 radical (unpaired) electrons. The highest BCUT2D eigenvalue weighted by Gasteiger charge is 2.10. The molecule has 0 aliphatic rings. The Bertz CT molecular complexity index is 883. The van der Waals surface area contributed by atoms with Crippen molar-refractivity contribution in [2.75, 3.05) is 12.5 Å². The zero-order chi connectivity index (χ0) is 17.6. The van der Waals surface area contributed by atoms with Gasteiger partial charge in [0.15, 0.2) is 5.15 Å². The van der Waals surface area contributed by atoms with Gasteiger partial charge in [0.1, 0.15) is 10.8 Å². The van der Waals surface area contributed by atoms with Crippen molar-refractivity contribution < 1.29 is 4.74 Å². The van der Waals surface area contributed by atoms with E-state index in [4.69, 9.17) is 27.9 Å². The fourth-order valence-corrected chi connectivity index (χ4v) is 2.46. The Morgan fingerprint density at radius 3 is 2.36 bits per heavy atom. The van der Waals surface area contributed by atoms with Crippen molar-refractivity contribution in [2.24, 2.45) is 5.10 Å². The molecule has 0 aliphatic carbocycles. The Morgan fingerprint density at radius 1 is 1.00 bits per heavy atom. The van der Waals surface area contributed by atoms with Crippen molar-refractivity contribution in [3.8, 4) is 5.75 Å². The van der Waals surface area contributed by atoms with Gasteiger partial charge < -0.3 is 4.74 Å². The average Bonchev–Trinajstić information content (AvgIpc) is 2.66. The second kappa shape index (κ2) is 7.96. The Kier molecular flexibility index (Phi) is 5.48. The fraction of sp³-hybridized carbons (Fsp3) is 0.0556. The number of ether oxygens (including phenoxy) is 1. The van der Waals surface area contributed by atoms with Crippen molar-refractivity contribution in [3.63, 3.8) is 0 Å². The maximum atomic E-state index is 6.13. The minimum Gasteiger partial charge on any atom is -0.497 e. The number of anilines is 1. The molecule has 7 heteroatoms. The van der Waals surface area contributed by atoms with Crippen molar-refractivity contribution in [3.05, 3.63) is 82.1 Å². The van der Waals surface area contributed by atoms with Crippen molar-refractivity contribution >= 4 is 34.6 Å². The van der Waals surface area contributed by atoms with Crippen LogP contribution in [0.2, 0.25) is 10.2 Å². The zero-order valence-electron chi connectivity index (χ0n) is 13.3. The second-order valence-electron chi connectivity index (χ2n) is 5.03. The molecule has 0 atom stereocenters. The van der Waals surface area contributed by atoms with Crippen LogP contribution in [0, 0.1) is 0 Å². The van der Waals surface area contributed by atoms with Crippen LogP contribution in [0.3, 0.4) is 0 Å². The van der Waals surface area contributed by atoms with E-state index in [1.807, 2.05) is 54.6 Å². The molecule has 1 aromatic heterocycles. The van der Waals surface area contributed by atoms with Crippen LogP contribution < -0.4 is 10.2 Å². The summed E-state index contributed by atoms with van der Waals surface area (Å²) < 4.78 is 5.21. The van der Waals surface area contributed by atoms with Crippen LogP contribution in [0.4, 0.5) is 5.69 Å². The number of hydrazone groups is 1. The van der Waals surface area contributed by atoms with Crippen molar-refractivity contribution in [1.82, 2.24) is 10.2 Å². The predicted molar refractivity (Wildman–Crippen MR) is 101 cm³/mol. The molecule has 25 heavy (non-hydrogen) atoms. The van der Waals surface area contributed by atoms with Gasteiger partial charge in [0.25, 0.3) is 0 Å². The lowest BCUT2D eigenvalue weighted by molar-refractivity contribution is 0.415. The summed E-state index contributed by atoms with van der Waals surface area (Å²) in [4.78, 5) is 0. The van der Waals surface area contributed by atoms with Gasteiger partial charge in [-0.15, -0.1) is 5.10 Å². The fourth-order valence-electron chi connectivity index (χ4n) is 2.18. The van der Waals surface area contributed by atoms with Gasteiger partial charge in [-0.25, -0.2) is 0 Å². The minimum absolute atomic E-state index is 0.118. The number of rotatable bonds is 5. The third-order valence-corrected chi connectivity index (χ3v) is 4.19. The molecule has 1 heterocycles. The second-order valence-corrected chi connectivity index (χ2v) is 5.77. The Balaban J connectivity index is 2.00. The van der Waals surface area contributed by atoms with Crippen LogP contribution in [0.15, 0.2) is 65.9 Å². The number of nitrogens with one attached hydrogen (secondary N) is 1. The van der Waals surface area contributed by atoms with Gasteiger partial charge in [-0.1, -0.05) is 53.5 Å². The van der Waals surface area contributed by atoms with Crippen molar-refractivity contribution in [1.29, 1.82) is 0 Å². The number of aromatic nitrogens is 2. The van der Waals surface area contributed by atoms with E-state index in [9.17, 15) is 0 Å². The third kappa shape index (κ3) is 4.07. The molecule has 0 saturated heterocycles. The summed E-state index contributed by atoms with van der Waals surface area (Å²) in [7, 11) is 1.63. The van der Waals surface area contributed by atoms with E-state index in [0.717, 1.165) is 22.6 Å². The van der Waals surface area contributed by atoms with Crippen molar-refractivity contribution in [2.45, 2.75) is 0 Å². The molecular weight excluding hydrogens is 359 g/mol. The smallest absolute Gasteiger partial charge is 0.172 e. The molecule has 0 unspecified atom stereocenters. The summed E-state index contributed by atoms with van der Waals surface area (Å²) in [6.07, 6.45) is 1.47. The van der Waals surface area contributed by atoms with E-state index in [1.165, 1.54) is 6.20 Å². The number of hydrogen-bond acceptors (Lipinski definition) is 5. The summed E-state index contributed by atoms with van der Waals surface area (Å²) in [5.74, 6) is 0.775. The number of hydrogen-bond donors (Lipinski definition) is 1. The van der Waals surface area contributed by atoms with Gasteiger partial charge in [-0.3, -0.25) is 5.43 Å². The Hall–Kier alpha value is -2.63. The van der Waals surface area contributed by atoms with E-state index in [1.54, 1.807) is 7.11 Å². The SMILES string of the molecule is COc1ccc(C(=NNc2cnnc(Cl)c2Cl)c2ccccc2)cc1. The van der Waals surface area contributed by atoms with Gasteiger partial charge in [-0.2, -0.15) is 10.2 Å². The van der Waals surface area contributed by atoms with E-state index in [-0.39, 0.29) is 10.2 Å². The summed E-state index contributed by atoms with van der Waals surface area (Å²) >= 11 is 12.0. The molecular formula is C18H14Cl2N4O. The van der Waals surface area contributed by atoms with E-state index < -0.39 is 0 Å². The van der Waals surface area contributed by atoms with Crippen LogP contribution in [0.1, 0.15) is 11.1 Å². The van der Waals surface area contributed by atoms with Gasteiger partial charge in [0.2, 0.25) is 0 Å². The molecule has 3 aromatic rings. The highest BCUT2D eigenvalue weighted by Crippen LogP contribution is 2.27. The average molecular weight is 373 g/mol. The van der Waals surface area contributed by atoms with Gasteiger partial charge in [0.05, 0.1) is 24.7 Å². The molecule has 5 nitrogen and oxygen atoms in total. The van der Waals surface area contributed by atoms with Crippen LogP contribution in [-0.4, -0.2) is 23.0 Å². The first kappa shape index (κ1) is 17.2. The summed E-state index contributed by atoms with van der Waals surface area (Å²) in [5.41, 5.74) is 6.00. The minimum atomic E-state index is 0.118. The molecule has 0 bridgehead atoms. The molecule has 0 aliphatic heterocycles. The van der Waals surface area contributed by atoms with E-state index in [0.29, 0.717) is 5.69 Å². The van der Waals surface area contributed by atoms with Crippen LogP contribution >= 0.6 is 23.2 Å². The summed E-state index contributed by atoms with van der Waals surface area (Å²) in [6, 6.07) is 17.4. The molecule has 0 fully saturated rings. The van der Waals surface area contributed by atoms with Crippen LogP contribution in [0.5, 0.6) is 5.75 Å². The lowest BCUT2D eigenvalue weighted by Crippen LogP contribution is -2.07. The van der Waals surface area contributed by atoms with Crippen LogP contribution in [-0.2, 0) is 0 Å². The Labute approximate surface area is 155 Å². The molecule has 0 saturated carbocycles. The quantitative estimate of drug-likeness (QED) is 0.522. The maximum Gasteiger partial charge on any atom is 0.172 e.